The molecule has 1 aliphatic carbocycles. The summed E-state index contributed by atoms with van der Waals surface area (Å²) in [6, 6.07) is 3.09. The molecular weight excluding hydrogens is 240 g/mol. The summed E-state index contributed by atoms with van der Waals surface area (Å²) in [5.41, 5.74) is 2.02. The molecule has 2 heterocycles. The number of nitrogens with zero attached hydrogens (tertiary/aromatic N) is 2. The van der Waals surface area contributed by atoms with Gasteiger partial charge in [-0.05, 0) is 37.3 Å². The van der Waals surface area contributed by atoms with Crippen molar-refractivity contribution in [2.24, 2.45) is 5.92 Å². The average molecular weight is 258 g/mol. The fraction of sp³-hybridized carbons (Fsp3) is 0.467. The van der Waals surface area contributed by atoms with Gasteiger partial charge in [-0.15, -0.1) is 0 Å². The van der Waals surface area contributed by atoms with E-state index in [1.165, 1.54) is 31.5 Å². The highest BCUT2D eigenvalue weighted by Crippen LogP contribution is 2.33. The molecule has 100 valence electrons. The summed E-state index contributed by atoms with van der Waals surface area (Å²) >= 11 is 0. The number of ketones is 1. The van der Waals surface area contributed by atoms with Crippen molar-refractivity contribution in [2.45, 2.75) is 19.3 Å². The Hall–Kier alpha value is -1.68. The predicted molar refractivity (Wildman–Crippen MR) is 72.1 cm³/mol. The molecule has 1 atom stereocenters. The van der Waals surface area contributed by atoms with Crippen LogP contribution in [0.3, 0.4) is 0 Å². The van der Waals surface area contributed by atoms with E-state index in [-0.39, 0.29) is 11.5 Å². The van der Waals surface area contributed by atoms with E-state index in [0.29, 0.717) is 18.2 Å². The van der Waals surface area contributed by atoms with E-state index in [2.05, 4.69) is 16.0 Å². The van der Waals surface area contributed by atoms with Crippen LogP contribution >= 0.6 is 0 Å². The lowest BCUT2D eigenvalue weighted by Gasteiger charge is -2.29. The molecule has 1 saturated carbocycles. The van der Waals surface area contributed by atoms with Crippen molar-refractivity contribution in [3.63, 3.8) is 0 Å². The van der Waals surface area contributed by atoms with Gasteiger partial charge in [0, 0.05) is 13.1 Å². The number of aromatic hydroxyl groups is 1. The summed E-state index contributed by atoms with van der Waals surface area (Å²) in [5, 5.41) is 9.17. The number of hydrogen-bond acceptors (Lipinski definition) is 4. The first-order valence-electron chi connectivity index (χ1n) is 6.82. The predicted octanol–water partition coefficient (Wildman–Crippen LogP) is 2.01. The molecule has 1 aromatic heterocycles. The van der Waals surface area contributed by atoms with Crippen LogP contribution in [0.5, 0.6) is 5.75 Å². The SMILES string of the molecule is O=C(CN1CC=C2CCCC2C1)c1ccc(O)cn1. The van der Waals surface area contributed by atoms with Crippen molar-refractivity contribution in [3.05, 3.63) is 35.7 Å². The molecule has 0 spiro atoms. The number of pyridine rings is 1. The largest absolute Gasteiger partial charge is 0.506 e. The summed E-state index contributed by atoms with van der Waals surface area (Å²) < 4.78 is 0. The molecule has 4 nitrogen and oxygen atoms in total. The summed E-state index contributed by atoms with van der Waals surface area (Å²) in [5.74, 6) is 0.775. The van der Waals surface area contributed by atoms with Crippen LogP contribution in [-0.4, -0.2) is 40.4 Å². The van der Waals surface area contributed by atoms with Crippen molar-refractivity contribution in [1.82, 2.24) is 9.88 Å². The zero-order valence-corrected chi connectivity index (χ0v) is 10.9. The van der Waals surface area contributed by atoms with E-state index < -0.39 is 0 Å². The van der Waals surface area contributed by atoms with E-state index >= 15 is 0 Å². The highest BCUT2D eigenvalue weighted by molar-refractivity contribution is 5.95. The second-order valence-corrected chi connectivity index (χ2v) is 5.39. The second-order valence-electron chi connectivity index (χ2n) is 5.39. The summed E-state index contributed by atoms with van der Waals surface area (Å²) in [7, 11) is 0. The standard InChI is InChI=1S/C15H18N2O2/c18-13-4-5-14(16-8-13)15(19)10-17-7-6-11-2-1-3-12(11)9-17/h4-6,8,12,18H,1-3,7,9-10H2. The maximum Gasteiger partial charge on any atom is 0.195 e. The van der Waals surface area contributed by atoms with Gasteiger partial charge in [-0.2, -0.15) is 0 Å². The third-order valence-electron chi connectivity index (χ3n) is 4.03. The van der Waals surface area contributed by atoms with Gasteiger partial charge in [0.25, 0.3) is 0 Å². The van der Waals surface area contributed by atoms with Crippen LogP contribution in [0.4, 0.5) is 0 Å². The summed E-state index contributed by atoms with van der Waals surface area (Å²) in [6.07, 6.45) is 7.40. The zero-order valence-electron chi connectivity index (χ0n) is 10.9. The molecule has 1 aliphatic heterocycles. The van der Waals surface area contributed by atoms with E-state index in [0.717, 1.165) is 13.1 Å². The van der Waals surface area contributed by atoms with Crippen LogP contribution in [0.25, 0.3) is 0 Å². The highest BCUT2D eigenvalue weighted by Gasteiger charge is 2.27. The van der Waals surface area contributed by atoms with Crippen molar-refractivity contribution < 1.29 is 9.90 Å². The molecule has 1 aromatic rings. The van der Waals surface area contributed by atoms with Crippen molar-refractivity contribution in [2.75, 3.05) is 19.6 Å². The topological polar surface area (TPSA) is 53.4 Å². The fourth-order valence-electron chi connectivity index (χ4n) is 3.02. The third-order valence-corrected chi connectivity index (χ3v) is 4.03. The van der Waals surface area contributed by atoms with E-state index in [4.69, 9.17) is 0 Å². The molecule has 0 amide bonds. The summed E-state index contributed by atoms with van der Waals surface area (Å²) in [6.45, 7) is 2.28. The van der Waals surface area contributed by atoms with Crippen molar-refractivity contribution >= 4 is 5.78 Å². The van der Waals surface area contributed by atoms with Crippen LogP contribution < -0.4 is 0 Å². The van der Waals surface area contributed by atoms with Crippen LogP contribution in [-0.2, 0) is 0 Å². The number of carbonyl (C=O) groups excluding carboxylic acids is 1. The minimum absolute atomic E-state index is 0.0230. The number of aromatic nitrogens is 1. The normalized spacial score (nSPS) is 22.9. The molecule has 0 aromatic carbocycles. The molecule has 1 unspecified atom stereocenters. The van der Waals surface area contributed by atoms with Crippen LogP contribution in [0.15, 0.2) is 30.0 Å². The van der Waals surface area contributed by atoms with Gasteiger partial charge < -0.3 is 5.11 Å². The highest BCUT2D eigenvalue weighted by atomic mass is 16.3. The number of carbonyl (C=O) groups is 1. The summed E-state index contributed by atoms with van der Waals surface area (Å²) in [4.78, 5) is 18.3. The van der Waals surface area contributed by atoms with Gasteiger partial charge in [-0.25, -0.2) is 4.98 Å². The Bertz CT molecular complexity index is 507. The second kappa shape index (κ2) is 5.13. The first kappa shape index (κ1) is 12.4. The van der Waals surface area contributed by atoms with Crippen molar-refractivity contribution in [1.29, 1.82) is 0 Å². The number of fused-ring (bicyclic) bond motifs is 1. The molecule has 2 aliphatic rings. The maximum absolute atomic E-state index is 12.1. The Labute approximate surface area is 112 Å². The van der Waals surface area contributed by atoms with Gasteiger partial charge in [0.15, 0.2) is 5.78 Å². The lowest BCUT2D eigenvalue weighted by atomic mass is 9.98. The minimum atomic E-state index is 0.0230. The molecule has 0 bridgehead atoms. The minimum Gasteiger partial charge on any atom is -0.506 e. The number of Topliss-reactive ketones (excluding diaryl/α,β-unsaturated/α-hetero) is 1. The smallest absolute Gasteiger partial charge is 0.195 e. The van der Waals surface area contributed by atoms with Gasteiger partial charge >= 0.3 is 0 Å². The van der Waals surface area contributed by atoms with Gasteiger partial charge in [0.05, 0.1) is 12.7 Å². The molecule has 0 saturated heterocycles. The molecule has 19 heavy (non-hydrogen) atoms. The van der Waals surface area contributed by atoms with Crippen LogP contribution in [0.2, 0.25) is 0 Å². The number of rotatable bonds is 3. The van der Waals surface area contributed by atoms with Crippen LogP contribution in [0.1, 0.15) is 29.8 Å². The quantitative estimate of drug-likeness (QED) is 0.665. The number of hydrogen-bond donors (Lipinski definition) is 1. The first-order chi connectivity index (χ1) is 9.22. The average Bonchev–Trinajstić information content (AvgIpc) is 2.87. The van der Waals surface area contributed by atoms with Crippen LogP contribution in [0, 0.1) is 5.92 Å². The van der Waals surface area contributed by atoms with Gasteiger partial charge in [-0.3, -0.25) is 9.69 Å². The lowest BCUT2D eigenvalue weighted by molar-refractivity contribution is 0.0922. The Morgan fingerprint density at radius 3 is 3.16 bits per heavy atom. The Kier molecular flexibility index (Phi) is 3.34. The van der Waals surface area contributed by atoms with E-state index in [1.54, 1.807) is 11.6 Å². The Balaban J connectivity index is 1.63. The van der Waals surface area contributed by atoms with Crippen molar-refractivity contribution in [3.8, 4) is 5.75 Å². The van der Waals surface area contributed by atoms with Gasteiger partial charge in [0.1, 0.15) is 11.4 Å². The molecular formula is C15H18N2O2. The zero-order chi connectivity index (χ0) is 13.2. The third kappa shape index (κ3) is 2.68. The first-order valence-corrected chi connectivity index (χ1v) is 6.82. The Morgan fingerprint density at radius 2 is 2.37 bits per heavy atom. The van der Waals surface area contributed by atoms with E-state index in [1.807, 2.05) is 0 Å². The Morgan fingerprint density at radius 1 is 1.47 bits per heavy atom. The lowest BCUT2D eigenvalue weighted by Crippen LogP contribution is -2.37. The molecule has 1 N–H and O–H groups in total. The fourth-order valence-corrected chi connectivity index (χ4v) is 3.02. The van der Waals surface area contributed by atoms with Gasteiger partial charge in [0.2, 0.25) is 0 Å². The van der Waals surface area contributed by atoms with E-state index in [9.17, 15) is 9.90 Å². The molecule has 0 radical (unpaired) electrons. The molecule has 4 heteroatoms. The molecule has 3 rings (SSSR count). The monoisotopic (exact) mass is 258 g/mol. The van der Waals surface area contributed by atoms with Gasteiger partial charge in [-0.1, -0.05) is 11.6 Å². The molecule has 1 fully saturated rings. The maximum atomic E-state index is 12.1.